The molecule has 23 heavy (non-hydrogen) atoms. The number of hydrogen-bond acceptors (Lipinski definition) is 3. The fourth-order valence-corrected chi connectivity index (χ4v) is 2.29. The van der Waals surface area contributed by atoms with Gasteiger partial charge in [0.2, 0.25) is 0 Å². The summed E-state index contributed by atoms with van der Waals surface area (Å²) in [6, 6.07) is 6.40. The Morgan fingerprint density at radius 3 is 2.17 bits per heavy atom. The number of benzene rings is 1. The van der Waals surface area contributed by atoms with Gasteiger partial charge in [0, 0.05) is 13.1 Å². The van der Waals surface area contributed by atoms with E-state index in [-0.39, 0.29) is 11.4 Å². The van der Waals surface area contributed by atoms with Gasteiger partial charge < -0.3 is 15.4 Å². The van der Waals surface area contributed by atoms with E-state index in [9.17, 15) is 9.18 Å². The van der Waals surface area contributed by atoms with Crippen LogP contribution in [-0.2, 0) is 11.3 Å². The van der Waals surface area contributed by atoms with Gasteiger partial charge in [0.05, 0.1) is 5.54 Å². The van der Waals surface area contributed by atoms with Gasteiger partial charge in [0.15, 0.2) is 0 Å². The summed E-state index contributed by atoms with van der Waals surface area (Å²) >= 11 is 0. The van der Waals surface area contributed by atoms with Crippen molar-refractivity contribution in [2.24, 2.45) is 0 Å². The number of ether oxygens (including phenoxy) is 1. The molecule has 0 saturated carbocycles. The van der Waals surface area contributed by atoms with Gasteiger partial charge in [-0.15, -0.1) is 0 Å². The molecule has 2 N–H and O–H groups in total. The third-order valence-electron chi connectivity index (χ3n) is 3.83. The summed E-state index contributed by atoms with van der Waals surface area (Å²) in [5, 5.41) is 6.34. The molecule has 0 atom stereocenters. The summed E-state index contributed by atoms with van der Waals surface area (Å²) in [5.74, 6) is -0.239. The zero-order valence-corrected chi connectivity index (χ0v) is 14.8. The molecule has 5 heteroatoms. The maximum absolute atomic E-state index is 12.9. The molecule has 1 aromatic rings. The molecule has 0 unspecified atom stereocenters. The van der Waals surface area contributed by atoms with Crippen LogP contribution < -0.4 is 10.6 Å². The van der Waals surface area contributed by atoms with E-state index in [1.165, 1.54) is 12.1 Å². The highest BCUT2D eigenvalue weighted by molar-refractivity contribution is 5.68. The van der Waals surface area contributed by atoms with Gasteiger partial charge in [-0.2, -0.15) is 0 Å². The first-order valence-electron chi connectivity index (χ1n) is 8.16. The molecule has 0 aliphatic carbocycles. The molecule has 0 aliphatic rings. The molecule has 1 aromatic carbocycles. The molecule has 0 saturated heterocycles. The normalized spacial score (nSPS) is 12.1. The molecule has 0 bridgehead atoms. The maximum Gasteiger partial charge on any atom is 0.408 e. The third kappa shape index (κ3) is 6.99. The number of alkyl carbamates (subject to hydrolysis) is 1. The third-order valence-corrected chi connectivity index (χ3v) is 3.83. The first-order valence-corrected chi connectivity index (χ1v) is 8.16. The topological polar surface area (TPSA) is 50.4 Å². The summed E-state index contributed by atoms with van der Waals surface area (Å²) in [7, 11) is 0. The van der Waals surface area contributed by atoms with Crippen LogP contribution in [0.3, 0.4) is 0 Å². The van der Waals surface area contributed by atoms with Gasteiger partial charge in [-0.05, 0) is 51.3 Å². The van der Waals surface area contributed by atoms with Crippen LogP contribution in [0, 0.1) is 5.82 Å². The molecule has 4 nitrogen and oxygen atoms in total. The van der Waals surface area contributed by atoms with Gasteiger partial charge in [-0.3, -0.25) is 0 Å². The van der Waals surface area contributed by atoms with Crippen molar-refractivity contribution in [3.05, 3.63) is 35.6 Å². The minimum atomic E-state index is -0.515. The van der Waals surface area contributed by atoms with E-state index in [4.69, 9.17) is 4.74 Å². The Morgan fingerprint density at radius 1 is 1.13 bits per heavy atom. The Labute approximate surface area is 138 Å². The van der Waals surface area contributed by atoms with Crippen LogP contribution >= 0.6 is 0 Å². The average molecular weight is 324 g/mol. The van der Waals surface area contributed by atoms with Crippen LogP contribution in [-0.4, -0.2) is 23.8 Å². The molecule has 0 spiro atoms. The molecule has 0 aromatic heterocycles. The lowest BCUT2D eigenvalue weighted by atomic mass is 9.92. The lowest BCUT2D eigenvalue weighted by Crippen LogP contribution is -2.55. The summed E-state index contributed by atoms with van der Waals surface area (Å²) in [6.07, 6.45) is 1.18. The fraction of sp³-hybridized carbons (Fsp3) is 0.611. The minimum Gasteiger partial charge on any atom is -0.444 e. The van der Waals surface area contributed by atoms with Crippen LogP contribution in [0.15, 0.2) is 24.3 Å². The van der Waals surface area contributed by atoms with Gasteiger partial charge in [-0.1, -0.05) is 26.0 Å². The highest BCUT2D eigenvalue weighted by Crippen LogP contribution is 2.16. The van der Waals surface area contributed by atoms with Crippen molar-refractivity contribution in [2.75, 3.05) is 6.54 Å². The maximum atomic E-state index is 12.9. The number of halogens is 1. The number of carbonyl (C=O) groups excluding carboxylic acids is 1. The number of amides is 1. The van der Waals surface area contributed by atoms with E-state index in [2.05, 4.69) is 10.6 Å². The molecular formula is C18H29FN2O2. The van der Waals surface area contributed by atoms with E-state index >= 15 is 0 Å². The summed E-state index contributed by atoms with van der Waals surface area (Å²) in [4.78, 5) is 12.1. The van der Waals surface area contributed by atoms with Crippen molar-refractivity contribution in [1.29, 1.82) is 0 Å². The Hall–Kier alpha value is -1.62. The van der Waals surface area contributed by atoms with Crippen molar-refractivity contribution in [2.45, 2.75) is 65.1 Å². The second-order valence-electron chi connectivity index (χ2n) is 6.84. The standard InChI is InChI=1S/C18H29FN2O2/c1-6-18(7-2,21-16(22)23-17(3,4)5)13-20-12-14-8-10-15(19)11-9-14/h8-11,20H,6-7,12-13H2,1-5H3,(H,21,22). The summed E-state index contributed by atoms with van der Waals surface area (Å²) in [6.45, 7) is 10.9. The zero-order valence-electron chi connectivity index (χ0n) is 14.8. The first-order chi connectivity index (χ1) is 10.7. The number of hydrogen-bond donors (Lipinski definition) is 2. The predicted octanol–water partition coefficient (Wildman–Crippen LogP) is 4.00. The zero-order chi connectivity index (χ0) is 17.5. The van der Waals surface area contributed by atoms with Crippen LogP contribution in [0.25, 0.3) is 0 Å². The predicted molar refractivity (Wildman–Crippen MR) is 90.8 cm³/mol. The van der Waals surface area contributed by atoms with Crippen molar-refractivity contribution < 1.29 is 13.9 Å². The second-order valence-corrected chi connectivity index (χ2v) is 6.84. The van der Waals surface area contributed by atoms with Gasteiger partial charge in [0.1, 0.15) is 11.4 Å². The highest BCUT2D eigenvalue weighted by atomic mass is 19.1. The highest BCUT2D eigenvalue weighted by Gasteiger charge is 2.30. The SMILES string of the molecule is CCC(CC)(CNCc1ccc(F)cc1)NC(=O)OC(C)(C)C. The molecular weight excluding hydrogens is 295 g/mol. The van der Waals surface area contributed by atoms with Crippen LogP contribution in [0.5, 0.6) is 0 Å². The second kappa shape index (κ2) is 8.29. The van der Waals surface area contributed by atoms with Crippen LogP contribution in [0.1, 0.15) is 53.0 Å². The van der Waals surface area contributed by atoms with E-state index < -0.39 is 11.7 Å². The first kappa shape index (κ1) is 19.4. The lowest BCUT2D eigenvalue weighted by Gasteiger charge is -2.34. The largest absolute Gasteiger partial charge is 0.444 e. The smallest absolute Gasteiger partial charge is 0.408 e. The van der Waals surface area contributed by atoms with E-state index in [0.717, 1.165) is 18.4 Å². The van der Waals surface area contributed by atoms with Crippen LogP contribution in [0.4, 0.5) is 9.18 Å². The Balaban J connectivity index is 2.58. The van der Waals surface area contributed by atoms with Crippen molar-refractivity contribution in [3.8, 4) is 0 Å². The van der Waals surface area contributed by atoms with Crippen LogP contribution in [0.2, 0.25) is 0 Å². The molecule has 0 fully saturated rings. The van der Waals surface area contributed by atoms with Gasteiger partial charge in [-0.25, -0.2) is 9.18 Å². The summed E-state index contributed by atoms with van der Waals surface area (Å²) in [5.41, 5.74) is 0.131. The molecule has 0 heterocycles. The Bertz CT molecular complexity index is 491. The van der Waals surface area contributed by atoms with Gasteiger partial charge in [0.25, 0.3) is 0 Å². The van der Waals surface area contributed by atoms with Crippen molar-refractivity contribution >= 4 is 6.09 Å². The average Bonchev–Trinajstić information content (AvgIpc) is 2.46. The molecule has 1 amide bonds. The molecule has 0 aliphatic heterocycles. The van der Waals surface area contributed by atoms with E-state index in [0.29, 0.717) is 13.1 Å². The van der Waals surface area contributed by atoms with Gasteiger partial charge >= 0.3 is 6.09 Å². The monoisotopic (exact) mass is 324 g/mol. The van der Waals surface area contributed by atoms with Crippen molar-refractivity contribution in [1.82, 2.24) is 10.6 Å². The lowest BCUT2D eigenvalue weighted by molar-refractivity contribution is 0.0446. The molecule has 130 valence electrons. The number of nitrogens with one attached hydrogen (secondary N) is 2. The Morgan fingerprint density at radius 2 is 1.70 bits per heavy atom. The minimum absolute atomic E-state index is 0.239. The van der Waals surface area contributed by atoms with E-state index in [1.54, 1.807) is 12.1 Å². The quantitative estimate of drug-likeness (QED) is 0.797. The number of carbonyl (C=O) groups is 1. The molecule has 1 rings (SSSR count). The van der Waals surface area contributed by atoms with Crippen molar-refractivity contribution in [3.63, 3.8) is 0 Å². The Kier molecular flexibility index (Phi) is 7.01. The summed E-state index contributed by atoms with van der Waals surface area (Å²) < 4.78 is 18.3. The molecule has 0 radical (unpaired) electrons. The van der Waals surface area contributed by atoms with E-state index in [1.807, 2.05) is 34.6 Å². The number of rotatable bonds is 7. The fourth-order valence-electron chi connectivity index (χ4n) is 2.29.